The zero-order valence-electron chi connectivity index (χ0n) is 14.5. The molecular formula is C20H16BrN5O. The standard InChI is InChI=1S/C20H16BrN5O/c1-12-10-15(6-7-17(12)21)26-20(27)25-14-4-2-13(3-5-14)16-8-9-22-19-18(16)23-11-24-19/h2-11H,1H3,(H,22,23,24)(H2,25,26,27). The van der Waals surface area contributed by atoms with Crippen molar-refractivity contribution in [3.05, 3.63) is 71.1 Å². The van der Waals surface area contributed by atoms with E-state index in [1.807, 2.05) is 55.5 Å². The molecule has 0 spiro atoms. The fourth-order valence-corrected chi connectivity index (χ4v) is 3.09. The van der Waals surface area contributed by atoms with Gasteiger partial charge in [-0.05, 0) is 54.4 Å². The van der Waals surface area contributed by atoms with Gasteiger partial charge in [0.15, 0.2) is 5.65 Å². The number of aromatic nitrogens is 3. The smallest absolute Gasteiger partial charge is 0.323 e. The van der Waals surface area contributed by atoms with Crippen molar-refractivity contribution in [2.45, 2.75) is 6.92 Å². The van der Waals surface area contributed by atoms with E-state index in [2.05, 4.69) is 41.5 Å². The van der Waals surface area contributed by atoms with E-state index in [9.17, 15) is 4.79 Å². The highest BCUT2D eigenvalue weighted by molar-refractivity contribution is 9.10. The van der Waals surface area contributed by atoms with Crippen molar-refractivity contribution in [1.29, 1.82) is 0 Å². The summed E-state index contributed by atoms with van der Waals surface area (Å²) in [6.07, 6.45) is 3.36. The molecule has 2 aromatic heterocycles. The van der Waals surface area contributed by atoms with Crippen LogP contribution in [0.4, 0.5) is 16.2 Å². The number of hydrogen-bond acceptors (Lipinski definition) is 3. The van der Waals surface area contributed by atoms with E-state index >= 15 is 0 Å². The van der Waals surface area contributed by atoms with Gasteiger partial charge in [0, 0.05) is 27.6 Å². The zero-order valence-corrected chi connectivity index (χ0v) is 16.0. The van der Waals surface area contributed by atoms with Gasteiger partial charge in [-0.3, -0.25) is 0 Å². The molecule has 4 aromatic rings. The average Bonchev–Trinajstić information content (AvgIpc) is 3.14. The Morgan fingerprint density at radius 1 is 1.00 bits per heavy atom. The van der Waals surface area contributed by atoms with Gasteiger partial charge in [0.25, 0.3) is 0 Å². The molecule has 0 saturated carbocycles. The highest BCUT2D eigenvalue weighted by Crippen LogP contribution is 2.26. The van der Waals surface area contributed by atoms with Gasteiger partial charge in [-0.1, -0.05) is 28.1 Å². The predicted octanol–water partition coefficient (Wildman–Crippen LogP) is 5.34. The van der Waals surface area contributed by atoms with Gasteiger partial charge in [0.2, 0.25) is 0 Å². The van der Waals surface area contributed by atoms with Crippen LogP contribution in [-0.2, 0) is 0 Å². The summed E-state index contributed by atoms with van der Waals surface area (Å²) in [7, 11) is 0. The summed E-state index contributed by atoms with van der Waals surface area (Å²) in [6, 6.07) is 14.9. The Hall–Kier alpha value is -3.19. The lowest BCUT2D eigenvalue weighted by molar-refractivity contribution is 0.262. The highest BCUT2D eigenvalue weighted by atomic mass is 79.9. The number of aromatic amines is 1. The van der Waals surface area contributed by atoms with Gasteiger partial charge >= 0.3 is 6.03 Å². The van der Waals surface area contributed by atoms with Crippen molar-refractivity contribution in [3.8, 4) is 11.1 Å². The molecule has 2 aromatic carbocycles. The van der Waals surface area contributed by atoms with Crippen LogP contribution < -0.4 is 10.6 Å². The Morgan fingerprint density at radius 3 is 2.52 bits per heavy atom. The summed E-state index contributed by atoms with van der Waals surface area (Å²) in [5.74, 6) is 0. The zero-order chi connectivity index (χ0) is 18.8. The summed E-state index contributed by atoms with van der Waals surface area (Å²) < 4.78 is 1.01. The molecule has 134 valence electrons. The number of carbonyl (C=O) groups excluding carboxylic acids is 1. The number of rotatable bonds is 3. The molecule has 0 radical (unpaired) electrons. The Morgan fingerprint density at radius 2 is 1.74 bits per heavy atom. The Labute approximate surface area is 164 Å². The largest absolute Gasteiger partial charge is 0.343 e. The average molecular weight is 422 g/mol. The normalized spacial score (nSPS) is 10.7. The molecule has 7 heteroatoms. The number of amides is 2. The molecule has 0 unspecified atom stereocenters. The van der Waals surface area contributed by atoms with E-state index in [-0.39, 0.29) is 6.03 Å². The summed E-state index contributed by atoms with van der Waals surface area (Å²) in [6.45, 7) is 1.97. The number of anilines is 2. The lowest BCUT2D eigenvalue weighted by Crippen LogP contribution is -2.19. The van der Waals surface area contributed by atoms with Crippen LogP contribution in [0.25, 0.3) is 22.3 Å². The van der Waals surface area contributed by atoms with Gasteiger partial charge in [0.1, 0.15) is 0 Å². The molecule has 0 saturated heterocycles. The summed E-state index contributed by atoms with van der Waals surface area (Å²) in [4.78, 5) is 23.7. The van der Waals surface area contributed by atoms with Gasteiger partial charge < -0.3 is 15.6 Å². The molecule has 3 N–H and O–H groups in total. The quantitative estimate of drug-likeness (QED) is 0.417. The molecule has 0 atom stereocenters. The minimum Gasteiger partial charge on any atom is -0.343 e. The van der Waals surface area contributed by atoms with Crippen LogP contribution in [0.2, 0.25) is 0 Å². The first-order chi connectivity index (χ1) is 13.1. The number of urea groups is 1. The molecule has 0 aliphatic heterocycles. The third-order valence-corrected chi connectivity index (χ3v) is 5.09. The lowest BCUT2D eigenvalue weighted by Gasteiger charge is -2.10. The van der Waals surface area contributed by atoms with Crippen LogP contribution in [-0.4, -0.2) is 21.0 Å². The number of H-pyrrole nitrogens is 1. The lowest BCUT2D eigenvalue weighted by atomic mass is 10.1. The number of carbonyl (C=O) groups is 1. The molecule has 6 nitrogen and oxygen atoms in total. The molecule has 0 bridgehead atoms. The van der Waals surface area contributed by atoms with Crippen LogP contribution in [0.1, 0.15) is 5.56 Å². The number of imidazole rings is 1. The fourth-order valence-electron chi connectivity index (χ4n) is 2.84. The molecular weight excluding hydrogens is 406 g/mol. The molecule has 0 aliphatic carbocycles. The first kappa shape index (κ1) is 17.2. The Balaban J connectivity index is 1.48. The third kappa shape index (κ3) is 3.68. The minimum atomic E-state index is -0.288. The number of pyridine rings is 1. The van der Waals surface area contributed by atoms with Crippen molar-refractivity contribution >= 4 is 44.5 Å². The summed E-state index contributed by atoms with van der Waals surface area (Å²) in [5.41, 5.74) is 6.10. The van der Waals surface area contributed by atoms with E-state index < -0.39 is 0 Å². The molecule has 27 heavy (non-hydrogen) atoms. The third-order valence-electron chi connectivity index (χ3n) is 4.20. The topological polar surface area (TPSA) is 82.7 Å². The van der Waals surface area contributed by atoms with Crippen LogP contribution in [0.15, 0.2) is 65.5 Å². The van der Waals surface area contributed by atoms with Crippen LogP contribution in [0.3, 0.4) is 0 Å². The Kier molecular flexibility index (Phi) is 4.60. The fraction of sp³-hybridized carbons (Fsp3) is 0.0500. The minimum absolute atomic E-state index is 0.288. The van der Waals surface area contributed by atoms with Crippen LogP contribution >= 0.6 is 15.9 Å². The first-order valence-electron chi connectivity index (χ1n) is 8.33. The molecule has 0 aliphatic rings. The number of nitrogens with zero attached hydrogens (tertiary/aromatic N) is 2. The number of fused-ring (bicyclic) bond motifs is 1. The van der Waals surface area contributed by atoms with Gasteiger partial charge in [-0.15, -0.1) is 0 Å². The van der Waals surface area contributed by atoms with Crippen LogP contribution in [0.5, 0.6) is 0 Å². The molecule has 4 rings (SSSR count). The summed E-state index contributed by atoms with van der Waals surface area (Å²) in [5, 5.41) is 5.67. The number of nitrogens with one attached hydrogen (secondary N) is 3. The maximum atomic E-state index is 12.2. The number of benzene rings is 2. The number of halogens is 1. The maximum Gasteiger partial charge on any atom is 0.323 e. The number of hydrogen-bond donors (Lipinski definition) is 3. The van der Waals surface area contributed by atoms with Gasteiger partial charge in [0.05, 0.1) is 11.8 Å². The number of aryl methyl sites for hydroxylation is 1. The highest BCUT2D eigenvalue weighted by Gasteiger charge is 2.08. The van der Waals surface area contributed by atoms with Crippen molar-refractivity contribution < 1.29 is 4.79 Å². The van der Waals surface area contributed by atoms with E-state index in [1.54, 1.807) is 12.5 Å². The van der Waals surface area contributed by atoms with E-state index in [0.717, 1.165) is 32.4 Å². The van der Waals surface area contributed by atoms with Gasteiger partial charge in [-0.2, -0.15) is 0 Å². The second-order valence-electron chi connectivity index (χ2n) is 6.08. The van der Waals surface area contributed by atoms with E-state index in [4.69, 9.17) is 0 Å². The predicted molar refractivity (Wildman–Crippen MR) is 111 cm³/mol. The van der Waals surface area contributed by atoms with E-state index in [1.165, 1.54) is 0 Å². The Bertz CT molecular complexity index is 1120. The van der Waals surface area contributed by atoms with Crippen molar-refractivity contribution in [3.63, 3.8) is 0 Å². The molecule has 2 heterocycles. The van der Waals surface area contributed by atoms with Crippen LogP contribution in [0, 0.1) is 6.92 Å². The van der Waals surface area contributed by atoms with Crippen molar-refractivity contribution in [2.75, 3.05) is 10.6 Å². The second kappa shape index (κ2) is 7.20. The molecule has 2 amide bonds. The van der Waals surface area contributed by atoms with Crippen molar-refractivity contribution in [1.82, 2.24) is 15.0 Å². The second-order valence-corrected chi connectivity index (χ2v) is 6.93. The van der Waals surface area contributed by atoms with Crippen molar-refractivity contribution in [2.24, 2.45) is 0 Å². The van der Waals surface area contributed by atoms with E-state index in [0.29, 0.717) is 11.3 Å². The maximum absolute atomic E-state index is 12.2. The SMILES string of the molecule is Cc1cc(NC(=O)Nc2ccc(-c3ccnc4nc[nH]c34)cc2)ccc1Br. The summed E-state index contributed by atoms with van der Waals surface area (Å²) >= 11 is 3.45. The monoisotopic (exact) mass is 421 g/mol. The first-order valence-corrected chi connectivity index (χ1v) is 9.12. The van der Waals surface area contributed by atoms with Gasteiger partial charge in [-0.25, -0.2) is 14.8 Å². The molecule has 0 fully saturated rings.